The zero-order valence-corrected chi connectivity index (χ0v) is 41.7. The average Bonchev–Trinajstić information content (AvgIpc) is 3.85. The summed E-state index contributed by atoms with van der Waals surface area (Å²) in [7, 11) is 2.09. The van der Waals surface area contributed by atoms with Gasteiger partial charge < -0.3 is 104 Å². The van der Waals surface area contributed by atoms with Gasteiger partial charge in [-0.1, -0.05) is 36.0 Å². The molecule has 1 amide bonds. The maximum atomic E-state index is 13.0. The first-order valence-corrected chi connectivity index (χ1v) is 26.5. The van der Waals surface area contributed by atoms with Crippen LogP contribution in [0.5, 0.6) is 0 Å². The molecule has 0 unspecified atom stereocenters. The van der Waals surface area contributed by atoms with Gasteiger partial charge >= 0.3 is 0 Å². The van der Waals surface area contributed by atoms with Gasteiger partial charge in [-0.15, -0.1) is 0 Å². The lowest BCUT2D eigenvalue weighted by atomic mass is 9.84. The molecule has 22 nitrogen and oxygen atoms in total. The Bertz CT molecular complexity index is 2310. The minimum Gasteiger partial charge on any atom is -0.389 e. The van der Waals surface area contributed by atoms with Gasteiger partial charge in [0.1, 0.15) is 67.6 Å². The highest BCUT2D eigenvalue weighted by atomic mass is 32.2. The number of hydrogen-bond donors (Lipinski definition) is 13. The molecule has 398 valence electrons. The van der Waals surface area contributed by atoms with Crippen LogP contribution in [0.4, 0.5) is 5.69 Å². The van der Waals surface area contributed by atoms with Crippen molar-refractivity contribution in [3.05, 3.63) is 71.4 Å². The van der Waals surface area contributed by atoms with Gasteiger partial charge in [-0.3, -0.25) is 4.79 Å². The molecule has 3 saturated heterocycles. The zero-order valence-electron chi connectivity index (χ0n) is 40.1. The number of benzene rings is 2. The number of aryl methyl sites for hydroxylation is 1. The molecule has 4 fully saturated rings. The fraction of sp³-hybridized carbons (Fsp3) is 0.625. The number of aliphatic hydroxyl groups excluding tert-OH is 6. The van der Waals surface area contributed by atoms with Gasteiger partial charge in [0.25, 0.3) is 0 Å². The van der Waals surface area contributed by atoms with E-state index in [1.165, 1.54) is 22.3 Å². The molecule has 3 aromatic rings. The van der Waals surface area contributed by atoms with Crippen molar-refractivity contribution >= 4 is 52.1 Å². The van der Waals surface area contributed by atoms with E-state index in [0.29, 0.717) is 25.1 Å². The average molecular weight is 1050 g/mol. The van der Waals surface area contributed by atoms with Crippen LogP contribution in [0.25, 0.3) is 17.0 Å². The minimum atomic E-state index is -1.57. The van der Waals surface area contributed by atoms with Crippen molar-refractivity contribution in [3.63, 3.8) is 0 Å². The van der Waals surface area contributed by atoms with Gasteiger partial charge in [-0.2, -0.15) is 16.3 Å². The standard InChI is InChI=1S/C48H71N9O13S2/c1-56-28-10-4-5-11-32(28)72-34(56)18-23-13-16-57(27-9-3-2-8-24(23)27)15-7-6-12-33(58)55-14-17-71-22-31-44(69-47-36(54)41(63)39(61)30(21-50)66-47)42(64)48(67-31)70-45-37(59)25(51)19-26(52)43(45)68-46-35(53)40(62)38(60)29(20-49)65-46/h2-5,8-11,13,16,18,25-26,29-31,35-48,59-64H,6-7,12,14-15,17,19-22,49-54H2,1H3/p+1/t25-,26+,29-,30+,31-,35-,36-,37+,38-,39-,40-,41-,42-,43-,44-,45-,46-,47-,48+/m1/s1. The molecule has 19 atom stereocenters. The number of anilines is 1. The summed E-state index contributed by atoms with van der Waals surface area (Å²) >= 11 is 3.16. The highest BCUT2D eigenvalue weighted by molar-refractivity contribution is 8.03. The van der Waals surface area contributed by atoms with E-state index in [4.69, 9.17) is 62.8 Å². The third-order valence-electron chi connectivity index (χ3n) is 14.1. The Kier molecular flexibility index (Phi) is 18.9. The number of nitrogens with zero attached hydrogens (tertiary/aromatic N) is 2. The third-order valence-corrected chi connectivity index (χ3v) is 16.3. The molecule has 5 aliphatic rings. The number of amides is 1. The number of rotatable bonds is 19. The van der Waals surface area contributed by atoms with Crippen LogP contribution < -0.4 is 49.2 Å². The number of carbonyl (C=O) groups is 1. The number of fused-ring (bicyclic) bond motifs is 2. The number of thioether (sulfide) groups is 2. The molecule has 0 spiro atoms. The predicted molar refractivity (Wildman–Crippen MR) is 268 cm³/mol. The summed E-state index contributed by atoms with van der Waals surface area (Å²) in [6, 6.07) is 14.6. The molecule has 72 heavy (non-hydrogen) atoms. The molecule has 24 heteroatoms. The molecule has 1 aromatic heterocycles. The number of aliphatic hydroxyl groups is 6. The Labute approximate surface area is 426 Å². The van der Waals surface area contributed by atoms with Crippen molar-refractivity contribution in [2.45, 2.75) is 153 Å². The maximum Gasteiger partial charge on any atom is 0.220 e. The van der Waals surface area contributed by atoms with Crippen molar-refractivity contribution in [1.29, 1.82) is 0 Å². The number of carbonyl (C=O) groups excluding carboxylic acids is 1. The quantitative estimate of drug-likeness (QED) is 0.0416. The molecule has 5 heterocycles. The number of unbranched alkanes of at least 4 members (excludes halogenated alkanes) is 1. The van der Waals surface area contributed by atoms with Crippen LogP contribution >= 0.6 is 23.5 Å². The number of para-hydroxylation sites is 2. The lowest BCUT2D eigenvalue weighted by Gasteiger charge is -2.47. The van der Waals surface area contributed by atoms with Gasteiger partial charge in [0.15, 0.2) is 25.1 Å². The third kappa shape index (κ3) is 12.1. The lowest BCUT2D eigenvalue weighted by Crippen LogP contribution is -2.68. The molecule has 1 aliphatic carbocycles. The normalized spacial score (nSPS) is 37.6. The summed E-state index contributed by atoms with van der Waals surface area (Å²) in [5, 5.41) is 70.8. The Hall–Kier alpha value is -3.16. The summed E-state index contributed by atoms with van der Waals surface area (Å²) < 4.78 is 38.8. The summed E-state index contributed by atoms with van der Waals surface area (Å²) in [6.07, 6.45) is -13.3. The van der Waals surface area contributed by atoms with E-state index in [2.05, 4.69) is 76.6 Å². The van der Waals surface area contributed by atoms with E-state index in [-0.39, 0.29) is 31.2 Å². The first-order chi connectivity index (χ1) is 34.6. The van der Waals surface area contributed by atoms with Crippen LogP contribution in [0.15, 0.2) is 70.7 Å². The molecule has 4 aliphatic heterocycles. The zero-order chi connectivity index (χ0) is 51.4. The second kappa shape index (κ2) is 24.7. The minimum absolute atomic E-state index is 0.0839. The Balaban J connectivity index is 0.855. The first kappa shape index (κ1) is 55.1. The fourth-order valence-corrected chi connectivity index (χ4v) is 11.9. The predicted octanol–water partition coefficient (Wildman–Crippen LogP) is -3.19. The van der Waals surface area contributed by atoms with E-state index in [9.17, 15) is 35.4 Å². The Morgan fingerprint density at radius 1 is 0.764 bits per heavy atom. The van der Waals surface area contributed by atoms with Crippen LogP contribution in [-0.2, 0) is 39.8 Å². The van der Waals surface area contributed by atoms with Crippen LogP contribution in [0.2, 0.25) is 0 Å². The fourth-order valence-electron chi connectivity index (χ4n) is 9.86. The molecule has 0 bridgehead atoms. The number of aromatic nitrogens is 1. The van der Waals surface area contributed by atoms with Crippen molar-refractivity contribution < 1.29 is 68.4 Å². The summed E-state index contributed by atoms with van der Waals surface area (Å²) in [4.78, 5) is 16.4. The van der Waals surface area contributed by atoms with Gasteiger partial charge in [0.05, 0.1) is 40.4 Å². The summed E-state index contributed by atoms with van der Waals surface area (Å²) in [5.74, 6) is 0.569. The smallest absolute Gasteiger partial charge is 0.220 e. The van der Waals surface area contributed by atoms with Gasteiger partial charge in [0, 0.05) is 80.1 Å². The number of nitrogens with two attached hydrogens (primary N) is 6. The number of pyridine rings is 1. The molecule has 19 N–H and O–H groups in total. The molecular formula is C48H72N9O13S2+. The Morgan fingerprint density at radius 2 is 1.39 bits per heavy atom. The lowest BCUT2D eigenvalue weighted by molar-refractivity contribution is -0.671. The van der Waals surface area contributed by atoms with Crippen molar-refractivity contribution in [1.82, 2.24) is 5.32 Å². The number of ether oxygens (including phenoxy) is 6. The molecule has 8 rings (SSSR count). The molecule has 0 radical (unpaired) electrons. The second-order valence-electron chi connectivity index (χ2n) is 19.0. The van der Waals surface area contributed by atoms with E-state index in [0.717, 1.165) is 34.5 Å². The maximum absolute atomic E-state index is 13.0. The van der Waals surface area contributed by atoms with Crippen LogP contribution in [0.3, 0.4) is 0 Å². The van der Waals surface area contributed by atoms with Gasteiger partial charge in [0.2, 0.25) is 11.4 Å². The van der Waals surface area contributed by atoms with E-state index >= 15 is 0 Å². The monoisotopic (exact) mass is 1050 g/mol. The van der Waals surface area contributed by atoms with Crippen molar-refractivity contribution in [3.8, 4) is 0 Å². The first-order valence-electron chi connectivity index (χ1n) is 24.5. The molecular weight excluding hydrogens is 975 g/mol. The second-order valence-corrected chi connectivity index (χ2v) is 21.3. The van der Waals surface area contributed by atoms with Crippen LogP contribution in [-0.4, -0.2) is 191 Å². The number of hydrogen-bond acceptors (Lipinski definition) is 22. The van der Waals surface area contributed by atoms with Gasteiger partial charge in [-0.05, 0) is 42.7 Å². The van der Waals surface area contributed by atoms with E-state index in [1.54, 1.807) is 11.8 Å². The van der Waals surface area contributed by atoms with Crippen LogP contribution in [0, 0.1) is 0 Å². The highest BCUT2D eigenvalue weighted by Gasteiger charge is 2.54. The Morgan fingerprint density at radius 3 is 2.07 bits per heavy atom. The summed E-state index contributed by atoms with van der Waals surface area (Å²) in [6.45, 7) is 0.747. The van der Waals surface area contributed by atoms with Crippen LogP contribution in [0.1, 0.15) is 31.2 Å². The van der Waals surface area contributed by atoms with Crippen molar-refractivity contribution in [2.75, 3.05) is 43.1 Å². The highest BCUT2D eigenvalue weighted by Crippen LogP contribution is 2.46. The molecule has 2 aromatic carbocycles. The SMILES string of the molecule is CN1/C(=C/c2cc[n+](CCCCC(=O)NCCSC[C@H]3O[C@@H](O[C@@H]4[C@@H](O)[C@H](N)C[C@H](N)[C@H]4O[C@H]4O[C@H](CN)[C@@H](O)[C@H](O)[C@H]4N)[C@H](O)[C@@H]3O[C@H]3O[C@@H](CN)[C@@H](O)[C@H](O)[C@H]3N)c3ccccc23)Sc2ccccc21. The van der Waals surface area contributed by atoms with E-state index < -0.39 is 116 Å². The summed E-state index contributed by atoms with van der Waals surface area (Å²) in [5.41, 5.74) is 40.3. The molecule has 1 saturated carbocycles. The largest absolute Gasteiger partial charge is 0.389 e. The number of nitrogens with one attached hydrogen (secondary N) is 1. The topological polar surface area (TPSA) is 369 Å². The van der Waals surface area contributed by atoms with E-state index in [1.807, 2.05) is 12.1 Å². The van der Waals surface area contributed by atoms with Crippen molar-refractivity contribution in [2.24, 2.45) is 34.4 Å². The van der Waals surface area contributed by atoms with Gasteiger partial charge in [-0.25, -0.2) is 0 Å².